The highest BCUT2D eigenvalue weighted by Gasteiger charge is 2.22. The van der Waals surface area contributed by atoms with Crippen LogP contribution in [0.5, 0.6) is 5.75 Å². The minimum absolute atomic E-state index is 0.132. The van der Waals surface area contributed by atoms with Gasteiger partial charge in [0.25, 0.3) is 0 Å². The van der Waals surface area contributed by atoms with Crippen molar-refractivity contribution in [2.45, 2.75) is 78.9 Å². The Morgan fingerprint density at radius 1 is 0.783 bits per heavy atom. The van der Waals surface area contributed by atoms with Crippen molar-refractivity contribution < 1.29 is 13.6 Å². The molecule has 0 fully saturated rings. The fraction of sp³-hybridized carbons (Fsp3) is 0.667. The molecule has 0 aliphatic rings. The van der Waals surface area contributed by atoms with Gasteiger partial charge in [0.2, 0.25) is 8.38 Å². The SMILES string of the molecule is CC(C)OP(OC(C)C)c1cccc(OP(C(C)C)C(C)C)c1. The zero-order valence-corrected chi connectivity index (χ0v) is 17.5. The van der Waals surface area contributed by atoms with Gasteiger partial charge >= 0.3 is 0 Å². The smallest absolute Gasteiger partial charge is 0.205 e. The molecule has 0 bridgehead atoms. The predicted molar refractivity (Wildman–Crippen MR) is 103 cm³/mol. The Balaban J connectivity index is 2.96. The average molecular weight is 358 g/mol. The van der Waals surface area contributed by atoms with Crippen LogP contribution in [0, 0.1) is 0 Å². The molecule has 1 aromatic rings. The normalized spacial score (nSPS) is 12.4. The van der Waals surface area contributed by atoms with E-state index in [0.29, 0.717) is 11.3 Å². The van der Waals surface area contributed by atoms with Crippen LogP contribution < -0.4 is 9.83 Å². The molecule has 0 atom stereocenters. The molecule has 23 heavy (non-hydrogen) atoms. The zero-order valence-electron chi connectivity index (χ0n) is 15.7. The summed E-state index contributed by atoms with van der Waals surface area (Å²) in [7, 11) is -1.57. The second kappa shape index (κ2) is 9.94. The lowest BCUT2D eigenvalue weighted by atomic mass is 10.3. The topological polar surface area (TPSA) is 27.7 Å². The van der Waals surface area contributed by atoms with Crippen LogP contribution in [0.2, 0.25) is 0 Å². The summed E-state index contributed by atoms with van der Waals surface area (Å²) < 4.78 is 18.3. The molecule has 0 aromatic heterocycles. The third-order valence-corrected chi connectivity index (χ3v) is 7.25. The van der Waals surface area contributed by atoms with Crippen LogP contribution in [0.4, 0.5) is 0 Å². The Bertz CT molecular complexity index is 443. The maximum absolute atomic E-state index is 6.30. The second-order valence-corrected chi connectivity index (χ2v) is 11.1. The molecule has 0 N–H and O–H groups in total. The molecule has 5 heteroatoms. The van der Waals surface area contributed by atoms with Gasteiger partial charge in [0, 0.05) is 16.6 Å². The van der Waals surface area contributed by atoms with Gasteiger partial charge in [-0.2, -0.15) is 0 Å². The van der Waals surface area contributed by atoms with Gasteiger partial charge in [0.05, 0.1) is 20.4 Å². The highest BCUT2D eigenvalue weighted by molar-refractivity contribution is 7.56. The van der Waals surface area contributed by atoms with Gasteiger partial charge in [-0.3, -0.25) is 0 Å². The van der Waals surface area contributed by atoms with Crippen LogP contribution in [-0.4, -0.2) is 23.5 Å². The molecular formula is C18H32O3P2. The van der Waals surface area contributed by atoms with Crippen molar-refractivity contribution in [1.29, 1.82) is 0 Å². The van der Waals surface area contributed by atoms with Gasteiger partial charge in [-0.05, 0) is 45.9 Å². The van der Waals surface area contributed by atoms with E-state index in [2.05, 4.69) is 39.8 Å². The second-order valence-electron chi connectivity index (χ2n) is 6.70. The maximum Gasteiger partial charge on any atom is 0.205 e. The van der Waals surface area contributed by atoms with E-state index in [9.17, 15) is 0 Å². The van der Waals surface area contributed by atoms with E-state index in [4.69, 9.17) is 13.6 Å². The monoisotopic (exact) mass is 358 g/mol. The molecule has 0 aliphatic carbocycles. The molecule has 1 rings (SSSR count). The van der Waals surface area contributed by atoms with Crippen molar-refractivity contribution in [3.05, 3.63) is 24.3 Å². The first-order chi connectivity index (χ1) is 10.7. The molecule has 0 radical (unpaired) electrons. The molecule has 0 saturated carbocycles. The van der Waals surface area contributed by atoms with Crippen LogP contribution in [-0.2, 0) is 9.05 Å². The van der Waals surface area contributed by atoms with E-state index < -0.39 is 16.5 Å². The number of hydrogen-bond acceptors (Lipinski definition) is 3. The summed E-state index contributed by atoms with van der Waals surface area (Å²) >= 11 is 0. The first kappa shape index (κ1) is 20.8. The summed E-state index contributed by atoms with van der Waals surface area (Å²) in [6.45, 7) is 17.1. The minimum atomic E-state index is -1.08. The van der Waals surface area contributed by atoms with Crippen LogP contribution in [0.25, 0.3) is 0 Å². The Morgan fingerprint density at radius 2 is 1.30 bits per heavy atom. The number of rotatable bonds is 9. The molecule has 132 valence electrons. The molecule has 0 heterocycles. The summed E-state index contributed by atoms with van der Waals surface area (Å²) in [6.07, 6.45) is 0.265. The average Bonchev–Trinajstić information content (AvgIpc) is 2.42. The lowest BCUT2D eigenvalue weighted by Gasteiger charge is -2.26. The fourth-order valence-electron chi connectivity index (χ4n) is 2.11. The Labute approximate surface area is 144 Å². The summed E-state index contributed by atoms with van der Waals surface area (Å²) in [5.41, 5.74) is 1.07. The summed E-state index contributed by atoms with van der Waals surface area (Å²) in [5, 5.41) is 1.07. The van der Waals surface area contributed by atoms with Crippen molar-refractivity contribution in [3.8, 4) is 5.75 Å². The molecule has 0 amide bonds. The fourth-order valence-corrected chi connectivity index (χ4v) is 5.58. The van der Waals surface area contributed by atoms with E-state index in [1.807, 2.05) is 39.8 Å². The van der Waals surface area contributed by atoms with Crippen LogP contribution in [0.3, 0.4) is 0 Å². The highest BCUT2D eigenvalue weighted by atomic mass is 31.2. The Morgan fingerprint density at radius 3 is 1.74 bits per heavy atom. The van der Waals surface area contributed by atoms with Crippen molar-refractivity contribution in [2.75, 3.05) is 0 Å². The number of benzene rings is 1. The van der Waals surface area contributed by atoms with E-state index >= 15 is 0 Å². The molecule has 0 aliphatic heterocycles. The molecular weight excluding hydrogens is 326 g/mol. The van der Waals surface area contributed by atoms with Gasteiger partial charge in [-0.15, -0.1) is 0 Å². The Hall–Kier alpha value is -0.200. The van der Waals surface area contributed by atoms with E-state index in [1.54, 1.807) is 0 Å². The van der Waals surface area contributed by atoms with E-state index in [0.717, 1.165) is 11.1 Å². The molecule has 0 spiro atoms. The molecule has 1 aromatic carbocycles. The lowest BCUT2D eigenvalue weighted by molar-refractivity contribution is 0.183. The largest absolute Gasteiger partial charge is 0.474 e. The molecule has 0 saturated heterocycles. The van der Waals surface area contributed by atoms with Gasteiger partial charge in [0.1, 0.15) is 5.75 Å². The minimum Gasteiger partial charge on any atom is -0.474 e. The lowest BCUT2D eigenvalue weighted by Crippen LogP contribution is -2.14. The maximum atomic E-state index is 6.30. The molecule has 0 unspecified atom stereocenters. The summed E-state index contributed by atoms with van der Waals surface area (Å²) in [6, 6.07) is 8.20. The van der Waals surface area contributed by atoms with E-state index in [1.165, 1.54) is 0 Å². The summed E-state index contributed by atoms with van der Waals surface area (Å²) in [4.78, 5) is 0. The number of hydrogen-bond donors (Lipinski definition) is 0. The van der Waals surface area contributed by atoms with Crippen LogP contribution in [0.1, 0.15) is 55.4 Å². The first-order valence-electron chi connectivity index (χ1n) is 8.40. The van der Waals surface area contributed by atoms with Gasteiger partial charge in [-0.25, -0.2) is 0 Å². The van der Waals surface area contributed by atoms with Crippen molar-refractivity contribution in [3.63, 3.8) is 0 Å². The predicted octanol–water partition coefficient (Wildman–Crippen LogP) is 6.07. The molecule has 3 nitrogen and oxygen atoms in total. The van der Waals surface area contributed by atoms with E-state index in [-0.39, 0.29) is 12.2 Å². The van der Waals surface area contributed by atoms with Crippen LogP contribution in [0.15, 0.2) is 24.3 Å². The third kappa shape index (κ3) is 7.48. The Kier molecular flexibility index (Phi) is 9.01. The standard InChI is InChI=1S/C18H32O3P2/c1-13(2)19-23(20-14(3)4)18-11-9-10-17(12-18)21-22(15(5)6)16(7)8/h9-16H,1-8H3. The summed E-state index contributed by atoms with van der Waals surface area (Å²) in [5.74, 6) is 0.920. The van der Waals surface area contributed by atoms with Gasteiger partial charge in [-0.1, -0.05) is 33.8 Å². The third-order valence-electron chi connectivity index (χ3n) is 2.87. The first-order valence-corrected chi connectivity index (χ1v) is 11.0. The van der Waals surface area contributed by atoms with Crippen molar-refractivity contribution >= 4 is 21.8 Å². The quantitative estimate of drug-likeness (QED) is 0.502. The van der Waals surface area contributed by atoms with Crippen molar-refractivity contribution in [2.24, 2.45) is 0 Å². The highest BCUT2D eigenvalue weighted by Crippen LogP contribution is 2.48. The van der Waals surface area contributed by atoms with Gasteiger partial charge < -0.3 is 13.6 Å². The van der Waals surface area contributed by atoms with Gasteiger partial charge in [0.15, 0.2) is 0 Å². The van der Waals surface area contributed by atoms with Crippen LogP contribution >= 0.6 is 16.5 Å². The zero-order chi connectivity index (χ0) is 17.6. The van der Waals surface area contributed by atoms with Crippen molar-refractivity contribution in [1.82, 2.24) is 0 Å².